The number of aryl methyl sites for hydroxylation is 1. The van der Waals surface area contributed by atoms with Crippen LogP contribution in [0.25, 0.3) is 22.2 Å². The Morgan fingerprint density at radius 3 is 2.57 bits per heavy atom. The number of halogens is 2. The number of thiazole rings is 1. The summed E-state index contributed by atoms with van der Waals surface area (Å²) < 4.78 is 32.1. The van der Waals surface area contributed by atoms with E-state index in [1.54, 1.807) is 25.1 Å². The number of carbonyl (C=O) groups is 1. The van der Waals surface area contributed by atoms with Crippen molar-refractivity contribution >= 4 is 22.4 Å². The van der Waals surface area contributed by atoms with Gasteiger partial charge in [-0.15, -0.1) is 0 Å². The molecule has 28 heavy (non-hydrogen) atoms. The molecule has 1 amide bonds. The van der Waals surface area contributed by atoms with Crippen LogP contribution in [-0.2, 0) is 0 Å². The smallest absolute Gasteiger partial charge is 0.270 e. The lowest BCUT2D eigenvalue weighted by atomic mass is 10.2. The molecule has 9 heteroatoms. The van der Waals surface area contributed by atoms with E-state index < -0.39 is 11.7 Å². The number of hydrogen-bond donors (Lipinski definition) is 1. The molecule has 4 aromatic rings. The van der Waals surface area contributed by atoms with Crippen LogP contribution in [0.4, 0.5) is 13.9 Å². The quantitative estimate of drug-likeness (QED) is 0.539. The van der Waals surface area contributed by atoms with E-state index in [9.17, 15) is 13.6 Å². The van der Waals surface area contributed by atoms with Gasteiger partial charge in [0.15, 0.2) is 5.13 Å². The van der Waals surface area contributed by atoms with E-state index in [4.69, 9.17) is 4.52 Å². The van der Waals surface area contributed by atoms with Gasteiger partial charge < -0.3 is 4.52 Å². The second-order valence-corrected chi connectivity index (χ2v) is 6.80. The van der Waals surface area contributed by atoms with Crippen molar-refractivity contribution < 1.29 is 18.1 Å². The Morgan fingerprint density at radius 2 is 1.82 bits per heavy atom. The normalized spacial score (nSPS) is 10.8. The molecule has 0 aliphatic carbocycles. The van der Waals surface area contributed by atoms with E-state index in [0.29, 0.717) is 22.0 Å². The second kappa shape index (κ2) is 7.28. The third-order valence-corrected chi connectivity index (χ3v) is 4.92. The fourth-order valence-corrected chi connectivity index (χ4v) is 3.37. The molecule has 0 radical (unpaired) electrons. The number of anilines is 1. The maximum Gasteiger partial charge on any atom is 0.270 e. The first kappa shape index (κ1) is 17.9. The molecule has 0 aliphatic heterocycles. The van der Waals surface area contributed by atoms with E-state index in [1.165, 1.54) is 30.3 Å². The molecule has 4 rings (SSSR count). The zero-order valence-corrected chi connectivity index (χ0v) is 15.3. The first-order valence-corrected chi connectivity index (χ1v) is 8.96. The van der Waals surface area contributed by atoms with Gasteiger partial charge in [0.05, 0.1) is 11.3 Å². The molecule has 2 heterocycles. The van der Waals surface area contributed by atoms with Gasteiger partial charge in [0.2, 0.25) is 5.82 Å². The predicted octanol–water partition coefficient (Wildman–Crippen LogP) is 4.70. The fourth-order valence-electron chi connectivity index (χ4n) is 2.49. The van der Waals surface area contributed by atoms with Crippen molar-refractivity contribution in [2.75, 3.05) is 5.32 Å². The van der Waals surface area contributed by atoms with Crippen LogP contribution in [0.5, 0.6) is 0 Å². The van der Waals surface area contributed by atoms with Crippen molar-refractivity contribution in [3.63, 3.8) is 0 Å². The summed E-state index contributed by atoms with van der Waals surface area (Å²) in [5.41, 5.74) is 1.10. The minimum atomic E-state index is -0.616. The molecule has 0 aliphatic rings. The Hall–Kier alpha value is -3.46. The average Bonchev–Trinajstić information content (AvgIpc) is 3.29. The molecule has 140 valence electrons. The molecule has 0 bridgehead atoms. The summed E-state index contributed by atoms with van der Waals surface area (Å²) in [7, 11) is 0. The van der Waals surface area contributed by atoms with Crippen LogP contribution in [0.2, 0.25) is 0 Å². The van der Waals surface area contributed by atoms with Crippen molar-refractivity contribution in [2.24, 2.45) is 0 Å². The summed E-state index contributed by atoms with van der Waals surface area (Å²) in [5, 5.41) is 6.75. The summed E-state index contributed by atoms with van der Waals surface area (Å²) in [6, 6.07) is 11.4. The van der Waals surface area contributed by atoms with E-state index in [-0.39, 0.29) is 22.4 Å². The largest absolute Gasteiger partial charge is 0.333 e. The number of nitrogens with one attached hydrogen (secondary N) is 1. The van der Waals surface area contributed by atoms with Crippen LogP contribution in [0, 0.1) is 18.6 Å². The van der Waals surface area contributed by atoms with Crippen LogP contribution in [-0.4, -0.2) is 21.0 Å². The number of hydrogen-bond acceptors (Lipinski definition) is 6. The van der Waals surface area contributed by atoms with Gasteiger partial charge in [-0.3, -0.25) is 10.1 Å². The number of aromatic nitrogens is 3. The highest BCUT2D eigenvalue weighted by Gasteiger charge is 2.19. The highest BCUT2D eigenvalue weighted by Crippen LogP contribution is 2.33. The SMILES string of the molecule is Cc1nc(NC(=O)c2ccccc2F)sc1-c1nc(-c2ccc(F)cc2)no1. The summed E-state index contributed by atoms with van der Waals surface area (Å²) in [6.07, 6.45) is 0. The second-order valence-electron chi connectivity index (χ2n) is 5.80. The Labute approximate surface area is 161 Å². The van der Waals surface area contributed by atoms with Gasteiger partial charge in [-0.2, -0.15) is 4.98 Å². The lowest BCUT2D eigenvalue weighted by Gasteiger charge is -2.02. The Morgan fingerprint density at radius 1 is 1.07 bits per heavy atom. The Bertz CT molecular complexity index is 1150. The minimum absolute atomic E-state index is 0.0757. The van der Waals surface area contributed by atoms with E-state index >= 15 is 0 Å². The standard InChI is InChI=1S/C19H12F2N4O2S/c1-10-15(18-23-16(25-27-18)11-6-8-12(20)9-7-11)28-19(22-10)24-17(26)13-4-2-3-5-14(13)21/h2-9H,1H3,(H,22,24,26). The van der Waals surface area contributed by atoms with Crippen molar-refractivity contribution in [1.29, 1.82) is 0 Å². The van der Waals surface area contributed by atoms with E-state index in [0.717, 1.165) is 11.3 Å². The van der Waals surface area contributed by atoms with Crippen LogP contribution in [0.3, 0.4) is 0 Å². The molecule has 0 unspecified atom stereocenters. The first-order chi connectivity index (χ1) is 13.5. The fraction of sp³-hybridized carbons (Fsp3) is 0.0526. The van der Waals surface area contributed by atoms with Crippen molar-refractivity contribution in [2.45, 2.75) is 6.92 Å². The molecule has 0 fully saturated rings. The first-order valence-electron chi connectivity index (χ1n) is 8.14. The molecular formula is C19H12F2N4O2S. The number of carbonyl (C=O) groups excluding carboxylic acids is 1. The monoisotopic (exact) mass is 398 g/mol. The third kappa shape index (κ3) is 3.52. The number of rotatable bonds is 4. The highest BCUT2D eigenvalue weighted by molar-refractivity contribution is 7.19. The van der Waals surface area contributed by atoms with Crippen molar-refractivity contribution in [3.8, 4) is 22.2 Å². The lowest BCUT2D eigenvalue weighted by molar-refractivity contribution is 0.102. The molecule has 1 N–H and O–H groups in total. The van der Waals surface area contributed by atoms with Gasteiger partial charge in [0.1, 0.15) is 16.5 Å². The zero-order valence-electron chi connectivity index (χ0n) is 14.4. The zero-order chi connectivity index (χ0) is 19.7. The van der Waals surface area contributed by atoms with E-state index in [2.05, 4.69) is 20.4 Å². The number of benzene rings is 2. The summed E-state index contributed by atoms with van der Waals surface area (Å²) >= 11 is 1.13. The van der Waals surface area contributed by atoms with Gasteiger partial charge in [-0.05, 0) is 43.3 Å². The molecule has 2 aromatic carbocycles. The average molecular weight is 398 g/mol. The van der Waals surface area contributed by atoms with Crippen molar-refractivity contribution in [1.82, 2.24) is 15.1 Å². The van der Waals surface area contributed by atoms with Crippen molar-refractivity contribution in [3.05, 3.63) is 71.4 Å². The van der Waals surface area contributed by atoms with Gasteiger partial charge in [-0.1, -0.05) is 28.6 Å². The number of nitrogens with zero attached hydrogens (tertiary/aromatic N) is 3. The van der Waals surface area contributed by atoms with E-state index in [1.807, 2.05) is 0 Å². The third-order valence-electron chi connectivity index (χ3n) is 3.86. The molecule has 0 atom stereocenters. The maximum atomic E-state index is 13.7. The Kier molecular flexibility index (Phi) is 4.66. The summed E-state index contributed by atoms with van der Waals surface area (Å²) in [6.45, 7) is 1.73. The molecular weight excluding hydrogens is 386 g/mol. The van der Waals surface area contributed by atoms with Crippen LogP contribution >= 0.6 is 11.3 Å². The Balaban J connectivity index is 1.57. The van der Waals surface area contributed by atoms with Gasteiger partial charge in [0, 0.05) is 5.56 Å². The molecule has 0 spiro atoms. The summed E-state index contributed by atoms with van der Waals surface area (Å²) in [4.78, 5) is 21.4. The van der Waals surface area contributed by atoms with Crippen LogP contribution < -0.4 is 5.32 Å². The van der Waals surface area contributed by atoms with Gasteiger partial charge >= 0.3 is 0 Å². The molecule has 6 nitrogen and oxygen atoms in total. The summed E-state index contributed by atoms with van der Waals surface area (Å²) in [5.74, 6) is -1.05. The van der Waals surface area contributed by atoms with Gasteiger partial charge in [0.25, 0.3) is 11.8 Å². The van der Waals surface area contributed by atoms with Gasteiger partial charge in [-0.25, -0.2) is 13.8 Å². The number of amides is 1. The maximum absolute atomic E-state index is 13.7. The molecule has 0 saturated heterocycles. The lowest BCUT2D eigenvalue weighted by Crippen LogP contribution is -2.13. The highest BCUT2D eigenvalue weighted by atomic mass is 32.1. The minimum Gasteiger partial charge on any atom is -0.333 e. The predicted molar refractivity (Wildman–Crippen MR) is 99.9 cm³/mol. The van der Waals surface area contributed by atoms with Crippen LogP contribution in [0.1, 0.15) is 16.1 Å². The molecule has 2 aromatic heterocycles. The molecule has 0 saturated carbocycles. The van der Waals surface area contributed by atoms with Crippen LogP contribution in [0.15, 0.2) is 53.1 Å². The topological polar surface area (TPSA) is 80.9 Å².